The molecule has 6 aliphatic rings. The molecule has 4 bridgehead atoms. The standard InChI is InChI=1S/C22H20O7/c1-11(6-8-23)5-7-20-17(25)13-9-12(10-27-20)22(20)21(19(13)29-21)18(26)16-14(24)3-2-4-15(16)28-22/h2-5,8,12-13,19,24H,6-7,9-10H2,1H3/b11-5+. The molecule has 0 amide bonds. The van der Waals surface area contributed by atoms with E-state index in [9.17, 15) is 19.5 Å². The smallest absolute Gasteiger partial charge is 0.209 e. The summed E-state index contributed by atoms with van der Waals surface area (Å²) in [4.78, 5) is 38.1. The molecule has 1 N–H and O–H groups in total. The van der Waals surface area contributed by atoms with Crippen molar-refractivity contribution in [1.29, 1.82) is 0 Å². The van der Waals surface area contributed by atoms with Gasteiger partial charge in [-0.25, -0.2) is 0 Å². The Labute approximate surface area is 166 Å². The van der Waals surface area contributed by atoms with Gasteiger partial charge in [-0.3, -0.25) is 9.59 Å². The third-order valence-electron chi connectivity index (χ3n) is 7.54. The lowest BCUT2D eigenvalue weighted by atomic mass is 9.48. The molecule has 0 aromatic heterocycles. The van der Waals surface area contributed by atoms with Crippen LogP contribution in [-0.2, 0) is 19.1 Å². The highest BCUT2D eigenvalue weighted by molar-refractivity contribution is 6.14. The van der Waals surface area contributed by atoms with E-state index in [1.54, 1.807) is 12.1 Å². The minimum atomic E-state index is -1.34. The van der Waals surface area contributed by atoms with Crippen LogP contribution in [0.2, 0.25) is 0 Å². The molecule has 6 atom stereocenters. The van der Waals surface area contributed by atoms with E-state index < -0.39 is 28.8 Å². The van der Waals surface area contributed by atoms with Gasteiger partial charge in [-0.15, -0.1) is 0 Å². The van der Waals surface area contributed by atoms with Crippen molar-refractivity contribution in [2.45, 2.75) is 49.1 Å². The Morgan fingerprint density at radius 1 is 1.34 bits per heavy atom. The summed E-state index contributed by atoms with van der Waals surface area (Å²) in [6.07, 6.45) is 3.16. The highest BCUT2D eigenvalue weighted by Gasteiger charge is 2.95. The SMILES string of the molecule is C/C(=C\CC12OCC3CC(C1=O)C1OC14C(=O)c1c(O)cccc1OC324)CC=O. The second kappa shape index (κ2) is 5.15. The minimum Gasteiger partial charge on any atom is -0.507 e. The van der Waals surface area contributed by atoms with Crippen LogP contribution < -0.4 is 4.74 Å². The van der Waals surface area contributed by atoms with Gasteiger partial charge in [0.15, 0.2) is 17.0 Å². The molecule has 7 nitrogen and oxygen atoms in total. The van der Waals surface area contributed by atoms with Crippen LogP contribution in [0.3, 0.4) is 0 Å². The predicted octanol–water partition coefficient (Wildman–Crippen LogP) is 1.76. The number of aldehydes is 1. The lowest BCUT2D eigenvalue weighted by Crippen LogP contribution is -2.80. The summed E-state index contributed by atoms with van der Waals surface area (Å²) in [7, 11) is 0. The number of hydrogen-bond acceptors (Lipinski definition) is 7. The molecule has 1 aromatic carbocycles. The maximum absolute atomic E-state index is 13.6. The number of aromatic hydroxyl groups is 1. The fraction of sp³-hybridized carbons (Fsp3) is 0.500. The van der Waals surface area contributed by atoms with Crippen molar-refractivity contribution in [1.82, 2.24) is 0 Å². The van der Waals surface area contributed by atoms with Crippen LogP contribution in [0.4, 0.5) is 0 Å². The topological polar surface area (TPSA) is 102 Å². The van der Waals surface area contributed by atoms with Crippen molar-refractivity contribution in [3.8, 4) is 11.5 Å². The number of carbonyl (C=O) groups is 3. The van der Waals surface area contributed by atoms with E-state index in [2.05, 4.69) is 0 Å². The number of benzene rings is 1. The quantitative estimate of drug-likeness (QED) is 0.470. The molecule has 2 saturated heterocycles. The average molecular weight is 396 g/mol. The number of Topliss-reactive ketones (excluding diaryl/α,β-unsaturated/α-hetero) is 2. The van der Waals surface area contributed by atoms with Crippen molar-refractivity contribution < 1.29 is 33.7 Å². The van der Waals surface area contributed by atoms with E-state index in [4.69, 9.17) is 14.2 Å². The summed E-state index contributed by atoms with van der Waals surface area (Å²) in [5.41, 5.74) is -2.95. The number of ketones is 2. The second-order valence-corrected chi connectivity index (χ2v) is 8.76. The number of allylic oxidation sites excluding steroid dienone is 1. The van der Waals surface area contributed by atoms with Crippen LogP contribution >= 0.6 is 0 Å². The Bertz CT molecular complexity index is 1030. The van der Waals surface area contributed by atoms with Gasteiger partial charge in [0.25, 0.3) is 0 Å². The molecule has 1 aromatic rings. The number of hydrogen-bond donors (Lipinski definition) is 1. The zero-order valence-electron chi connectivity index (χ0n) is 15.8. The number of phenols is 1. The predicted molar refractivity (Wildman–Crippen MR) is 97.7 cm³/mol. The summed E-state index contributed by atoms with van der Waals surface area (Å²) in [6.45, 7) is 2.13. The van der Waals surface area contributed by atoms with Gasteiger partial charge in [0.2, 0.25) is 11.4 Å². The monoisotopic (exact) mass is 396 g/mol. The van der Waals surface area contributed by atoms with Crippen molar-refractivity contribution in [2.24, 2.45) is 11.8 Å². The van der Waals surface area contributed by atoms with Gasteiger partial charge in [0, 0.05) is 18.8 Å². The van der Waals surface area contributed by atoms with Crippen molar-refractivity contribution >= 4 is 17.9 Å². The highest BCUT2D eigenvalue weighted by atomic mass is 16.7. The van der Waals surface area contributed by atoms with Crippen molar-refractivity contribution in [3.63, 3.8) is 0 Å². The minimum absolute atomic E-state index is 0.0871. The first kappa shape index (κ1) is 17.4. The first-order chi connectivity index (χ1) is 13.9. The fourth-order valence-corrected chi connectivity index (χ4v) is 6.32. The van der Waals surface area contributed by atoms with E-state index in [0.717, 1.165) is 11.9 Å². The second-order valence-electron chi connectivity index (χ2n) is 8.76. The van der Waals surface area contributed by atoms with E-state index in [1.807, 2.05) is 13.0 Å². The first-order valence-corrected chi connectivity index (χ1v) is 9.94. The Morgan fingerprint density at radius 2 is 2.17 bits per heavy atom. The Morgan fingerprint density at radius 3 is 2.97 bits per heavy atom. The molecule has 29 heavy (non-hydrogen) atoms. The molecule has 7 heteroatoms. The van der Waals surface area contributed by atoms with Gasteiger partial charge in [-0.1, -0.05) is 17.7 Å². The Kier molecular flexibility index (Phi) is 3.08. The molecule has 5 fully saturated rings. The van der Waals surface area contributed by atoms with E-state index in [0.29, 0.717) is 13.0 Å². The van der Waals surface area contributed by atoms with Crippen molar-refractivity contribution in [2.75, 3.05) is 6.61 Å². The summed E-state index contributed by atoms with van der Waals surface area (Å²) in [5, 5.41) is 10.3. The Hall–Kier alpha value is -2.51. The number of rotatable bonds is 4. The Balaban J connectivity index is 1.57. The summed E-state index contributed by atoms with van der Waals surface area (Å²) >= 11 is 0. The third-order valence-corrected chi connectivity index (χ3v) is 7.54. The average Bonchev–Trinajstić information content (AvgIpc) is 3.41. The molecule has 6 unspecified atom stereocenters. The summed E-state index contributed by atoms with van der Waals surface area (Å²) in [5.74, 6) is -0.894. The van der Waals surface area contributed by atoms with Crippen LogP contribution in [0.1, 0.15) is 36.5 Å². The summed E-state index contributed by atoms with van der Waals surface area (Å²) < 4.78 is 18.7. The number of fused-ring (bicyclic) bond motifs is 1. The number of ether oxygens (including phenoxy) is 3. The molecule has 3 aliphatic carbocycles. The fourth-order valence-electron chi connectivity index (χ4n) is 6.32. The van der Waals surface area contributed by atoms with Crippen LogP contribution in [0.25, 0.3) is 0 Å². The molecule has 3 saturated carbocycles. The lowest BCUT2D eigenvalue weighted by molar-refractivity contribution is -0.188. The summed E-state index contributed by atoms with van der Waals surface area (Å²) in [6, 6.07) is 4.70. The molecule has 150 valence electrons. The van der Waals surface area contributed by atoms with Crippen LogP contribution in [0.5, 0.6) is 11.5 Å². The van der Waals surface area contributed by atoms with E-state index in [1.165, 1.54) is 6.07 Å². The molecular formula is C22H20O7. The molecule has 7 rings (SSSR count). The van der Waals surface area contributed by atoms with Crippen LogP contribution in [0, 0.1) is 11.8 Å². The molecular weight excluding hydrogens is 376 g/mol. The van der Waals surface area contributed by atoms with Crippen LogP contribution in [-0.4, -0.2) is 52.5 Å². The number of phenolic OH excluding ortho intramolecular Hbond substituents is 1. The molecule has 0 radical (unpaired) electrons. The largest absolute Gasteiger partial charge is 0.507 e. The molecule has 2 spiro atoms. The normalized spacial score (nSPS) is 43.3. The lowest BCUT2D eigenvalue weighted by Gasteiger charge is -2.57. The van der Waals surface area contributed by atoms with Gasteiger partial charge in [-0.2, -0.15) is 0 Å². The van der Waals surface area contributed by atoms with Crippen molar-refractivity contribution in [3.05, 3.63) is 35.4 Å². The number of carbonyl (C=O) groups excluding carboxylic acids is 3. The van der Waals surface area contributed by atoms with Gasteiger partial charge < -0.3 is 24.1 Å². The number of epoxide rings is 1. The highest BCUT2D eigenvalue weighted by Crippen LogP contribution is 2.74. The maximum atomic E-state index is 13.6. The van der Waals surface area contributed by atoms with Gasteiger partial charge in [0.1, 0.15) is 29.5 Å². The zero-order chi connectivity index (χ0) is 20.2. The molecule has 3 heterocycles. The van der Waals surface area contributed by atoms with Gasteiger partial charge >= 0.3 is 0 Å². The van der Waals surface area contributed by atoms with Gasteiger partial charge in [0.05, 0.1) is 12.5 Å². The van der Waals surface area contributed by atoms with E-state index >= 15 is 0 Å². The maximum Gasteiger partial charge on any atom is 0.209 e. The first-order valence-electron chi connectivity index (χ1n) is 9.94. The van der Waals surface area contributed by atoms with Gasteiger partial charge in [-0.05, 0) is 25.5 Å². The zero-order valence-corrected chi connectivity index (χ0v) is 15.8. The molecule has 3 aliphatic heterocycles. The third kappa shape index (κ3) is 1.64. The van der Waals surface area contributed by atoms with Crippen LogP contribution in [0.15, 0.2) is 29.8 Å². The van der Waals surface area contributed by atoms with E-state index in [-0.39, 0.29) is 47.4 Å².